The van der Waals surface area contributed by atoms with Gasteiger partial charge in [-0.1, -0.05) is 48.3 Å². The molecule has 2 aromatic carbocycles. The van der Waals surface area contributed by atoms with Crippen LogP contribution in [0.25, 0.3) is 0 Å². The molecule has 0 saturated heterocycles. The minimum Gasteiger partial charge on any atom is -0.310 e. The Balaban J connectivity index is 2.33. The van der Waals surface area contributed by atoms with Crippen LogP contribution in [0, 0.1) is 12.7 Å². The summed E-state index contributed by atoms with van der Waals surface area (Å²) in [6.45, 7) is 4.56. The molecule has 1 unspecified atom stereocenters. The van der Waals surface area contributed by atoms with Crippen LogP contribution in [0.3, 0.4) is 0 Å². The van der Waals surface area contributed by atoms with Crippen LogP contribution in [0.15, 0.2) is 36.4 Å². The first kappa shape index (κ1) is 16.3. The van der Waals surface area contributed by atoms with Gasteiger partial charge in [0, 0.05) is 16.1 Å². The van der Waals surface area contributed by atoms with Crippen LogP contribution in [0.2, 0.25) is 10.0 Å². The van der Waals surface area contributed by atoms with Crippen LogP contribution in [-0.4, -0.2) is 6.54 Å². The third kappa shape index (κ3) is 3.97. The minimum absolute atomic E-state index is 0.0255. The summed E-state index contributed by atoms with van der Waals surface area (Å²) in [7, 11) is 0. The van der Waals surface area contributed by atoms with Gasteiger partial charge in [0.2, 0.25) is 0 Å². The van der Waals surface area contributed by atoms with Crippen molar-refractivity contribution in [3.63, 3.8) is 0 Å². The first-order chi connectivity index (χ1) is 10.0. The Morgan fingerprint density at radius 1 is 1.14 bits per heavy atom. The topological polar surface area (TPSA) is 12.0 Å². The molecule has 4 heteroatoms. The average Bonchev–Trinajstić information content (AvgIpc) is 2.45. The Bertz CT molecular complexity index is 608. The van der Waals surface area contributed by atoms with Crippen LogP contribution in [-0.2, 0) is 6.42 Å². The maximum atomic E-state index is 13.8. The molecule has 0 saturated carbocycles. The van der Waals surface area contributed by atoms with Gasteiger partial charge in [-0.05, 0) is 54.8 Å². The number of hydrogen-bond donors (Lipinski definition) is 1. The number of rotatable bonds is 5. The highest BCUT2D eigenvalue weighted by atomic mass is 35.5. The summed E-state index contributed by atoms with van der Waals surface area (Å²) in [5.74, 6) is -0.194. The number of hydrogen-bond acceptors (Lipinski definition) is 1. The second kappa shape index (κ2) is 7.26. The molecule has 2 aromatic rings. The third-order valence-corrected chi connectivity index (χ3v) is 4.23. The zero-order valence-electron chi connectivity index (χ0n) is 12.1. The van der Waals surface area contributed by atoms with Gasteiger partial charge in [-0.15, -0.1) is 0 Å². The van der Waals surface area contributed by atoms with Gasteiger partial charge in [0.1, 0.15) is 5.82 Å². The molecule has 0 heterocycles. The van der Waals surface area contributed by atoms with Gasteiger partial charge in [-0.25, -0.2) is 4.39 Å². The van der Waals surface area contributed by atoms with E-state index in [0.717, 1.165) is 17.7 Å². The van der Waals surface area contributed by atoms with Crippen molar-refractivity contribution < 1.29 is 4.39 Å². The van der Waals surface area contributed by atoms with Crippen LogP contribution >= 0.6 is 23.2 Å². The number of aryl methyl sites for hydroxylation is 1. The lowest BCUT2D eigenvalue weighted by Gasteiger charge is -2.20. The third-order valence-electron chi connectivity index (χ3n) is 3.52. The molecule has 0 aliphatic carbocycles. The summed E-state index contributed by atoms with van der Waals surface area (Å²) < 4.78 is 13.8. The molecular weight excluding hydrogens is 308 g/mol. The molecule has 0 radical (unpaired) electrons. The van der Waals surface area contributed by atoms with E-state index in [2.05, 4.69) is 5.32 Å². The van der Waals surface area contributed by atoms with E-state index in [1.165, 1.54) is 0 Å². The Morgan fingerprint density at radius 3 is 2.38 bits per heavy atom. The van der Waals surface area contributed by atoms with Gasteiger partial charge < -0.3 is 5.32 Å². The number of likely N-dealkylation sites (N-methyl/N-ethyl adjacent to an activating group) is 1. The molecule has 0 aliphatic heterocycles. The number of halogens is 3. The predicted molar refractivity (Wildman–Crippen MR) is 87.7 cm³/mol. The molecule has 0 aliphatic rings. The van der Waals surface area contributed by atoms with Crippen LogP contribution in [0.1, 0.15) is 29.7 Å². The standard InChI is InChI=1S/C17H18Cl2FN/c1-3-21-17(12-8-7-11(2)16(20)9-12)10-13-14(18)5-4-6-15(13)19/h4-9,17,21H,3,10H2,1-2H3. The van der Waals surface area contributed by atoms with Crippen molar-refractivity contribution in [2.75, 3.05) is 6.54 Å². The molecule has 1 atom stereocenters. The summed E-state index contributed by atoms with van der Waals surface area (Å²) in [6.07, 6.45) is 0.620. The summed E-state index contributed by atoms with van der Waals surface area (Å²) in [5, 5.41) is 4.64. The zero-order valence-corrected chi connectivity index (χ0v) is 13.6. The van der Waals surface area contributed by atoms with Crippen LogP contribution in [0.4, 0.5) is 4.39 Å². The predicted octanol–water partition coefficient (Wildman–Crippen LogP) is 5.33. The monoisotopic (exact) mass is 325 g/mol. The van der Waals surface area contributed by atoms with Crippen molar-refractivity contribution in [3.05, 3.63) is 69.0 Å². The van der Waals surface area contributed by atoms with E-state index in [1.807, 2.05) is 31.2 Å². The fourth-order valence-electron chi connectivity index (χ4n) is 2.31. The highest BCUT2D eigenvalue weighted by molar-refractivity contribution is 6.36. The van der Waals surface area contributed by atoms with Crippen molar-refractivity contribution >= 4 is 23.2 Å². The molecule has 0 amide bonds. The molecule has 0 fully saturated rings. The fraction of sp³-hybridized carbons (Fsp3) is 0.294. The first-order valence-corrected chi connectivity index (χ1v) is 7.70. The second-order valence-corrected chi connectivity index (χ2v) is 5.84. The Hall–Kier alpha value is -1.09. The number of nitrogens with one attached hydrogen (secondary N) is 1. The quantitative estimate of drug-likeness (QED) is 0.782. The van der Waals surface area contributed by atoms with E-state index in [0.29, 0.717) is 22.0 Å². The van der Waals surface area contributed by atoms with E-state index in [-0.39, 0.29) is 11.9 Å². The fourth-order valence-corrected chi connectivity index (χ4v) is 2.86. The van der Waals surface area contributed by atoms with Crippen LogP contribution < -0.4 is 5.32 Å². The van der Waals surface area contributed by atoms with Gasteiger partial charge >= 0.3 is 0 Å². The molecular formula is C17H18Cl2FN. The summed E-state index contributed by atoms with van der Waals surface area (Å²) >= 11 is 12.5. The first-order valence-electron chi connectivity index (χ1n) is 6.95. The maximum absolute atomic E-state index is 13.8. The largest absolute Gasteiger partial charge is 0.310 e. The molecule has 1 N–H and O–H groups in total. The van der Waals surface area contributed by atoms with Gasteiger partial charge in [0.15, 0.2) is 0 Å². The van der Waals surface area contributed by atoms with Crippen molar-refractivity contribution in [2.24, 2.45) is 0 Å². The van der Waals surface area contributed by atoms with Crippen molar-refractivity contribution in [1.29, 1.82) is 0 Å². The van der Waals surface area contributed by atoms with E-state index in [9.17, 15) is 4.39 Å². The highest BCUT2D eigenvalue weighted by Crippen LogP contribution is 2.29. The SMILES string of the molecule is CCNC(Cc1c(Cl)cccc1Cl)c1ccc(C)c(F)c1. The molecule has 112 valence electrons. The van der Waals surface area contributed by atoms with Gasteiger partial charge in [0.25, 0.3) is 0 Å². The summed E-state index contributed by atoms with van der Waals surface area (Å²) in [6, 6.07) is 10.8. The van der Waals surface area contributed by atoms with Gasteiger partial charge in [-0.3, -0.25) is 0 Å². The molecule has 21 heavy (non-hydrogen) atoms. The lowest BCUT2D eigenvalue weighted by atomic mass is 9.97. The van der Waals surface area contributed by atoms with Gasteiger partial charge in [0.05, 0.1) is 0 Å². The lowest BCUT2D eigenvalue weighted by Crippen LogP contribution is -2.23. The van der Waals surface area contributed by atoms with E-state index in [1.54, 1.807) is 19.1 Å². The Kier molecular flexibility index (Phi) is 5.63. The van der Waals surface area contributed by atoms with Gasteiger partial charge in [-0.2, -0.15) is 0 Å². The van der Waals surface area contributed by atoms with E-state index in [4.69, 9.17) is 23.2 Å². The molecule has 0 bridgehead atoms. The van der Waals surface area contributed by atoms with Crippen molar-refractivity contribution in [3.8, 4) is 0 Å². The summed E-state index contributed by atoms with van der Waals surface area (Å²) in [5.41, 5.74) is 2.42. The smallest absolute Gasteiger partial charge is 0.126 e. The second-order valence-electron chi connectivity index (χ2n) is 5.02. The van der Waals surface area contributed by atoms with Crippen LogP contribution in [0.5, 0.6) is 0 Å². The minimum atomic E-state index is -0.194. The number of benzene rings is 2. The molecule has 0 spiro atoms. The molecule has 2 rings (SSSR count). The van der Waals surface area contributed by atoms with E-state index >= 15 is 0 Å². The lowest BCUT2D eigenvalue weighted by molar-refractivity contribution is 0.541. The zero-order chi connectivity index (χ0) is 15.4. The molecule has 1 nitrogen and oxygen atoms in total. The Labute approximate surface area is 135 Å². The normalized spacial score (nSPS) is 12.4. The van der Waals surface area contributed by atoms with Crippen molar-refractivity contribution in [2.45, 2.75) is 26.3 Å². The highest BCUT2D eigenvalue weighted by Gasteiger charge is 2.16. The summed E-state index contributed by atoms with van der Waals surface area (Å²) in [4.78, 5) is 0. The maximum Gasteiger partial charge on any atom is 0.126 e. The Morgan fingerprint density at radius 2 is 1.81 bits per heavy atom. The van der Waals surface area contributed by atoms with E-state index < -0.39 is 0 Å². The molecule has 0 aromatic heterocycles. The average molecular weight is 326 g/mol. The van der Waals surface area contributed by atoms with Crippen molar-refractivity contribution in [1.82, 2.24) is 5.32 Å².